The fraction of sp³-hybridized carbons (Fsp3) is 0.500. The summed E-state index contributed by atoms with van der Waals surface area (Å²) in [4.78, 5) is 24.8. The molecule has 0 aliphatic rings. The van der Waals surface area contributed by atoms with Crippen molar-refractivity contribution in [3.05, 3.63) is 29.8 Å². The van der Waals surface area contributed by atoms with Crippen LogP contribution in [0.2, 0.25) is 0 Å². The molecule has 0 spiro atoms. The summed E-state index contributed by atoms with van der Waals surface area (Å²) in [5, 5.41) is 8.81. The lowest BCUT2D eigenvalue weighted by Crippen LogP contribution is -2.38. The normalized spacial score (nSPS) is 11.5. The fourth-order valence-corrected chi connectivity index (χ4v) is 3.19. The van der Waals surface area contributed by atoms with Crippen molar-refractivity contribution in [1.29, 1.82) is 0 Å². The predicted molar refractivity (Wildman–Crippen MR) is 91.9 cm³/mol. The number of nitrogens with one attached hydrogen (secondary N) is 1. The number of carboxylic acid groups (broad SMARTS) is 1. The third-order valence-corrected chi connectivity index (χ3v) is 4.90. The molecule has 1 amide bonds. The molecule has 0 aliphatic carbocycles. The number of hydrogen-bond donors (Lipinski definition) is 2. The quantitative estimate of drug-likeness (QED) is 0.591. The van der Waals surface area contributed by atoms with Crippen LogP contribution in [-0.2, 0) is 19.6 Å². The minimum atomic E-state index is -3.76. The number of sulfonamides is 1. The van der Waals surface area contributed by atoms with Gasteiger partial charge >= 0.3 is 5.97 Å². The first-order valence-electron chi connectivity index (χ1n) is 7.80. The molecule has 1 aromatic rings. The molecule has 0 aliphatic heterocycles. The summed E-state index contributed by atoms with van der Waals surface area (Å²) in [5.74, 6) is -1.41. The highest BCUT2D eigenvalue weighted by molar-refractivity contribution is 7.89. The van der Waals surface area contributed by atoms with Gasteiger partial charge in [0.25, 0.3) is 5.91 Å². The van der Waals surface area contributed by atoms with Crippen LogP contribution in [-0.4, -0.2) is 63.1 Å². The van der Waals surface area contributed by atoms with Gasteiger partial charge in [0.2, 0.25) is 10.0 Å². The lowest BCUT2D eigenvalue weighted by molar-refractivity contribution is -0.137. The molecule has 0 fully saturated rings. The summed E-state index contributed by atoms with van der Waals surface area (Å²) >= 11 is 0. The van der Waals surface area contributed by atoms with Crippen molar-refractivity contribution < 1.29 is 27.9 Å². The van der Waals surface area contributed by atoms with Gasteiger partial charge in [0.05, 0.1) is 17.9 Å². The molecule has 8 nitrogen and oxygen atoms in total. The highest BCUT2D eigenvalue weighted by Crippen LogP contribution is 2.15. The first-order chi connectivity index (χ1) is 11.7. The number of carbonyl (C=O) groups is 2. The zero-order valence-electron chi connectivity index (χ0n) is 14.6. The average molecular weight is 372 g/mol. The van der Waals surface area contributed by atoms with Gasteiger partial charge in [-0.3, -0.25) is 9.59 Å². The number of hydrogen-bond acceptors (Lipinski definition) is 5. The summed E-state index contributed by atoms with van der Waals surface area (Å²) in [6.45, 7) is 3.94. The topological polar surface area (TPSA) is 113 Å². The first kappa shape index (κ1) is 21.1. The van der Waals surface area contributed by atoms with Crippen LogP contribution < -0.4 is 4.72 Å². The van der Waals surface area contributed by atoms with E-state index in [9.17, 15) is 18.0 Å². The average Bonchev–Trinajstić information content (AvgIpc) is 2.54. The zero-order valence-corrected chi connectivity index (χ0v) is 15.4. The van der Waals surface area contributed by atoms with Crippen LogP contribution in [0.25, 0.3) is 0 Å². The second-order valence-corrected chi connectivity index (χ2v) is 7.42. The Labute approximate surface area is 147 Å². The Balaban J connectivity index is 3.01. The summed E-state index contributed by atoms with van der Waals surface area (Å²) in [5.41, 5.74) is 0.189. The standard InChI is InChI=1S/C16H24N2O6S/c1-12(2)18(9-7-15(19)20)16(21)13-5-4-6-14(11-13)25(22,23)17-8-10-24-3/h4-6,11-12,17H,7-10H2,1-3H3,(H,19,20). The number of rotatable bonds is 10. The van der Waals surface area contributed by atoms with E-state index in [-0.39, 0.29) is 42.6 Å². The molecule has 0 aromatic heterocycles. The van der Waals surface area contributed by atoms with E-state index in [0.717, 1.165) is 0 Å². The number of nitrogens with zero attached hydrogens (tertiary/aromatic N) is 1. The molecule has 140 valence electrons. The van der Waals surface area contributed by atoms with Gasteiger partial charge in [-0.15, -0.1) is 0 Å². The van der Waals surface area contributed by atoms with Gasteiger partial charge in [-0.25, -0.2) is 13.1 Å². The van der Waals surface area contributed by atoms with E-state index in [0.29, 0.717) is 0 Å². The fourth-order valence-electron chi connectivity index (χ4n) is 2.13. The Hall–Kier alpha value is -1.97. The van der Waals surface area contributed by atoms with E-state index in [1.54, 1.807) is 13.8 Å². The van der Waals surface area contributed by atoms with Gasteiger partial charge in [0, 0.05) is 31.8 Å². The highest BCUT2D eigenvalue weighted by Gasteiger charge is 2.22. The molecule has 2 N–H and O–H groups in total. The summed E-state index contributed by atoms with van der Waals surface area (Å²) in [7, 11) is -2.29. The molecule has 9 heteroatoms. The molecule has 0 saturated carbocycles. The molecule has 0 atom stereocenters. The molecular formula is C16H24N2O6S. The second-order valence-electron chi connectivity index (χ2n) is 5.65. The Bertz CT molecular complexity index is 702. The van der Waals surface area contributed by atoms with Crippen molar-refractivity contribution in [2.24, 2.45) is 0 Å². The van der Waals surface area contributed by atoms with Gasteiger partial charge in [0.1, 0.15) is 0 Å². The van der Waals surface area contributed by atoms with Crippen LogP contribution in [0.4, 0.5) is 0 Å². The van der Waals surface area contributed by atoms with Gasteiger partial charge in [-0.05, 0) is 32.0 Å². The SMILES string of the molecule is COCCNS(=O)(=O)c1cccc(C(=O)N(CCC(=O)O)C(C)C)c1. The minimum absolute atomic E-state index is 0.0311. The van der Waals surface area contributed by atoms with E-state index in [2.05, 4.69) is 4.72 Å². The Morgan fingerprint density at radius 2 is 2.00 bits per heavy atom. The first-order valence-corrected chi connectivity index (χ1v) is 9.28. The van der Waals surface area contributed by atoms with Crippen molar-refractivity contribution in [3.63, 3.8) is 0 Å². The van der Waals surface area contributed by atoms with Gasteiger partial charge in [0.15, 0.2) is 0 Å². The monoisotopic (exact) mass is 372 g/mol. The Morgan fingerprint density at radius 1 is 1.32 bits per heavy atom. The molecule has 1 aromatic carbocycles. The van der Waals surface area contributed by atoms with E-state index < -0.39 is 21.9 Å². The van der Waals surface area contributed by atoms with Crippen molar-refractivity contribution >= 4 is 21.9 Å². The smallest absolute Gasteiger partial charge is 0.305 e. The van der Waals surface area contributed by atoms with Gasteiger partial charge in [-0.2, -0.15) is 0 Å². The van der Waals surface area contributed by atoms with Gasteiger partial charge < -0.3 is 14.7 Å². The van der Waals surface area contributed by atoms with Crippen LogP contribution in [0.1, 0.15) is 30.6 Å². The van der Waals surface area contributed by atoms with Crippen LogP contribution in [0, 0.1) is 0 Å². The number of amides is 1. The molecular weight excluding hydrogens is 348 g/mol. The van der Waals surface area contributed by atoms with Crippen molar-refractivity contribution in [3.8, 4) is 0 Å². The maximum absolute atomic E-state index is 12.6. The minimum Gasteiger partial charge on any atom is -0.481 e. The molecule has 0 bridgehead atoms. The van der Waals surface area contributed by atoms with Crippen LogP contribution >= 0.6 is 0 Å². The largest absolute Gasteiger partial charge is 0.481 e. The maximum atomic E-state index is 12.6. The number of aliphatic carboxylic acids is 1. The van der Waals surface area contributed by atoms with E-state index in [1.165, 1.54) is 36.3 Å². The Kier molecular flexibility index (Phi) is 8.01. The number of methoxy groups -OCH3 is 1. The summed E-state index contributed by atoms with van der Waals surface area (Å²) in [6, 6.07) is 5.45. The van der Waals surface area contributed by atoms with E-state index in [1.807, 2.05) is 0 Å². The molecule has 0 saturated heterocycles. The van der Waals surface area contributed by atoms with Crippen LogP contribution in [0.3, 0.4) is 0 Å². The molecule has 0 radical (unpaired) electrons. The Morgan fingerprint density at radius 3 is 2.56 bits per heavy atom. The molecule has 0 heterocycles. The van der Waals surface area contributed by atoms with Gasteiger partial charge in [-0.1, -0.05) is 6.07 Å². The van der Waals surface area contributed by atoms with Crippen molar-refractivity contribution in [2.75, 3.05) is 26.8 Å². The number of benzene rings is 1. The molecule has 0 unspecified atom stereocenters. The van der Waals surface area contributed by atoms with E-state index in [4.69, 9.17) is 9.84 Å². The summed E-state index contributed by atoms with van der Waals surface area (Å²) < 4.78 is 31.6. The van der Waals surface area contributed by atoms with E-state index >= 15 is 0 Å². The predicted octanol–water partition coefficient (Wildman–Crippen LogP) is 0.937. The zero-order chi connectivity index (χ0) is 19.0. The lowest BCUT2D eigenvalue weighted by Gasteiger charge is -2.26. The van der Waals surface area contributed by atoms with Crippen LogP contribution in [0.15, 0.2) is 29.2 Å². The molecule has 1 rings (SSSR count). The van der Waals surface area contributed by atoms with Crippen molar-refractivity contribution in [2.45, 2.75) is 31.2 Å². The second kappa shape index (κ2) is 9.50. The summed E-state index contributed by atoms with van der Waals surface area (Å²) in [6.07, 6.45) is -0.180. The van der Waals surface area contributed by atoms with Crippen LogP contribution in [0.5, 0.6) is 0 Å². The third-order valence-electron chi connectivity index (χ3n) is 3.44. The lowest BCUT2D eigenvalue weighted by atomic mass is 10.1. The maximum Gasteiger partial charge on any atom is 0.305 e. The highest BCUT2D eigenvalue weighted by atomic mass is 32.2. The number of ether oxygens (including phenoxy) is 1. The third kappa shape index (κ3) is 6.45. The number of carbonyl (C=O) groups excluding carboxylic acids is 1. The molecule has 25 heavy (non-hydrogen) atoms. The number of carboxylic acids is 1. The van der Waals surface area contributed by atoms with Crippen molar-refractivity contribution in [1.82, 2.24) is 9.62 Å².